The van der Waals surface area contributed by atoms with Gasteiger partial charge in [-0.05, 0) is 64.6 Å². The Morgan fingerprint density at radius 1 is 0.357 bits per heavy atom. The van der Waals surface area contributed by atoms with Gasteiger partial charge in [0.15, 0.2) is 11.6 Å². The average Bonchev–Trinajstić information content (AvgIpc) is 3.95. The summed E-state index contributed by atoms with van der Waals surface area (Å²) < 4.78 is 138. The van der Waals surface area contributed by atoms with Crippen LogP contribution in [0.2, 0.25) is 0 Å². The Morgan fingerprint density at radius 3 is 1.48 bits per heavy atom. The van der Waals surface area contributed by atoms with E-state index in [2.05, 4.69) is 6.07 Å². The Labute approximate surface area is 344 Å². The summed E-state index contributed by atoms with van der Waals surface area (Å²) in [7, 11) is 0. The van der Waals surface area contributed by atoms with Gasteiger partial charge in [-0.1, -0.05) is 158 Å². The van der Waals surface area contributed by atoms with Gasteiger partial charge in [0.05, 0.1) is 42.6 Å². The third-order valence-corrected chi connectivity index (χ3v) is 9.70. The predicted octanol–water partition coefficient (Wildman–Crippen LogP) is 12.7. The van der Waals surface area contributed by atoms with E-state index in [0.29, 0.717) is 11.1 Å². The fourth-order valence-corrected chi connectivity index (χ4v) is 7.12. The van der Waals surface area contributed by atoms with E-state index < -0.39 is 96.3 Å². The summed E-state index contributed by atoms with van der Waals surface area (Å²) >= 11 is 0. The molecule has 11 aromatic rings. The minimum atomic E-state index is -0.770. The Morgan fingerprint density at radius 2 is 0.839 bits per heavy atom. The van der Waals surface area contributed by atoms with Crippen molar-refractivity contribution in [2.75, 3.05) is 0 Å². The quantitative estimate of drug-likeness (QED) is 0.171. The van der Waals surface area contributed by atoms with Gasteiger partial charge >= 0.3 is 0 Å². The first-order chi connectivity index (χ1) is 34.0. The minimum Gasteiger partial charge on any atom is -0.309 e. The lowest BCUT2D eigenvalue weighted by Crippen LogP contribution is -2.06. The highest BCUT2D eigenvalue weighted by Crippen LogP contribution is 2.39. The summed E-state index contributed by atoms with van der Waals surface area (Å²) in [5, 5.41) is -1.05. The maximum Gasteiger partial charge on any atom is 0.238 e. The highest BCUT2D eigenvalue weighted by Gasteiger charge is 2.21. The summed E-state index contributed by atoms with van der Waals surface area (Å²) in [6.45, 7) is 0. The lowest BCUT2D eigenvalue weighted by molar-refractivity contribution is 0.953. The van der Waals surface area contributed by atoms with Crippen LogP contribution in [0.3, 0.4) is 0 Å². The van der Waals surface area contributed by atoms with Gasteiger partial charge in [-0.3, -0.25) is 4.57 Å². The molecule has 0 radical (unpaired) electrons. The number of hydrogen-bond donors (Lipinski definition) is 0. The van der Waals surface area contributed by atoms with Gasteiger partial charge in [0.2, 0.25) is 5.95 Å². The number of nitrogens with zero attached hydrogens (tertiary/aromatic N) is 5. The summed E-state index contributed by atoms with van der Waals surface area (Å²) in [4.78, 5) is 14.7. The lowest BCUT2D eigenvalue weighted by Gasteiger charge is -2.12. The van der Waals surface area contributed by atoms with Crippen LogP contribution in [-0.4, -0.2) is 24.1 Å². The molecule has 0 N–H and O–H groups in total. The Bertz CT molecular complexity index is 4070. The van der Waals surface area contributed by atoms with E-state index in [0.717, 1.165) is 26.8 Å². The van der Waals surface area contributed by atoms with Crippen molar-refractivity contribution < 1.29 is 20.6 Å². The topological polar surface area (TPSA) is 48.5 Å². The van der Waals surface area contributed by atoms with E-state index in [1.165, 1.54) is 4.57 Å². The SMILES string of the molecule is [2H]c1c([2H])c([2H])c(-n2c3c([2H])c([2H])c([2H])c([2H])c3c3c([2H])c4c5c([2H])c([2H])c([2H])c([2H])c5n(-c5nc(-c6ccccc6)nc(-c6ccc(-c7cccc(-c8ccccc8)c7)cc6)n5)c4c([2H])c32)c([2H])c1[2H]. The summed E-state index contributed by atoms with van der Waals surface area (Å²) in [6, 6.07) is 24.3. The van der Waals surface area contributed by atoms with Gasteiger partial charge in [-0.25, -0.2) is 4.98 Å². The fourth-order valence-electron chi connectivity index (χ4n) is 7.12. The second-order valence-electron chi connectivity index (χ2n) is 13.0. The van der Waals surface area contributed by atoms with Gasteiger partial charge in [0.25, 0.3) is 0 Å². The first kappa shape index (κ1) is 20.2. The molecule has 0 saturated heterocycles. The van der Waals surface area contributed by atoms with Crippen LogP contribution in [0.4, 0.5) is 0 Å². The number of rotatable bonds is 6. The molecular weight excluding hydrogens is 683 g/mol. The third-order valence-electron chi connectivity index (χ3n) is 9.70. The first-order valence-electron chi connectivity index (χ1n) is 25.1. The molecule has 0 spiro atoms. The van der Waals surface area contributed by atoms with Crippen LogP contribution in [0, 0.1) is 0 Å². The molecular formula is C51H33N5. The fraction of sp³-hybridized carbons (Fsp3) is 0. The summed E-state index contributed by atoms with van der Waals surface area (Å²) in [5.41, 5.74) is 3.18. The van der Waals surface area contributed by atoms with E-state index in [1.54, 1.807) is 30.3 Å². The maximum absolute atomic E-state index is 10.2. The van der Waals surface area contributed by atoms with Crippen molar-refractivity contribution in [3.8, 4) is 56.7 Å². The van der Waals surface area contributed by atoms with Crippen LogP contribution < -0.4 is 0 Å². The van der Waals surface area contributed by atoms with E-state index in [1.807, 2.05) is 72.8 Å². The molecule has 0 aliphatic rings. The van der Waals surface area contributed by atoms with Gasteiger partial charge in [0, 0.05) is 38.4 Å². The molecule has 0 amide bonds. The molecule has 0 aliphatic heterocycles. The van der Waals surface area contributed by atoms with Gasteiger partial charge in [0.1, 0.15) is 0 Å². The van der Waals surface area contributed by atoms with Crippen LogP contribution in [0.15, 0.2) is 200 Å². The maximum atomic E-state index is 10.2. The normalized spacial score (nSPS) is 15.3. The van der Waals surface area contributed by atoms with E-state index in [9.17, 15) is 5.48 Å². The molecule has 0 fully saturated rings. The van der Waals surface area contributed by atoms with Crippen molar-refractivity contribution in [3.63, 3.8) is 0 Å². The Hall–Kier alpha value is -7.63. The number of benzene rings is 8. The van der Waals surface area contributed by atoms with E-state index in [4.69, 9.17) is 30.0 Å². The average molecular weight is 731 g/mol. The zero-order valence-electron chi connectivity index (χ0n) is 44.1. The van der Waals surface area contributed by atoms with E-state index in [-0.39, 0.29) is 61.2 Å². The highest BCUT2D eigenvalue weighted by atomic mass is 15.2. The number of aromatic nitrogens is 5. The molecule has 5 heteroatoms. The van der Waals surface area contributed by atoms with Gasteiger partial charge < -0.3 is 4.57 Å². The van der Waals surface area contributed by atoms with Crippen molar-refractivity contribution in [2.45, 2.75) is 0 Å². The lowest BCUT2D eigenvalue weighted by atomic mass is 9.98. The van der Waals surface area contributed by atoms with Crippen molar-refractivity contribution >= 4 is 43.6 Å². The van der Waals surface area contributed by atoms with Crippen LogP contribution in [0.25, 0.3) is 100 Å². The Balaban J connectivity index is 1.27. The summed E-state index contributed by atoms with van der Waals surface area (Å²) in [5.74, 6) is 0.0297. The molecule has 0 unspecified atom stereocenters. The number of fused-ring (bicyclic) bond motifs is 6. The monoisotopic (exact) mass is 730 g/mol. The van der Waals surface area contributed by atoms with Crippen LogP contribution in [0.5, 0.6) is 0 Å². The van der Waals surface area contributed by atoms with Crippen LogP contribution in [-0.2, 0) is 0 Å². The molecule has 5 nitrogen and oxygen atoms in total. The standard InChI is InChI=1S/C51H33N5/c1-4-15-34(16-5-1)38-19-14-20-39(31-38)35-27-29-37(30-28-35)50-52-49(36-17-6-2-7-18-36)53-51(54-50)56-46-26-13-11-24-42(46)44-32-43-41-23-10-12-25-45(41)55(47(43)33-48(44)56)40-21-8-3-9-22-40/h1-33H/i3D,8D,9D,10D,11D,12D,13D,21D,22D,23D,24D,25D,26D,32D,33D. The molecule has 3 heterocycles. The highest BCUT2D eigenvalue weighted by molar-refractivity contribution is 6.19. The molecule has 0 atom stereocenters. The molecule has 3 aromatic heterocycles. The summed E-state index contributed by atoms with van der Waals surface area (Å²) in [6.07, 6.45) is 0. The largest absolute Gasteiger partial charge is 0.309 e. The number of para-hydroxylation sites is 3. The first-order valence-corrected chi connectivity index (χ1v) is 17.6. The molecule has 11 rings (SSSR count). The van der Waals surface area contributed by atoms with Crippen LogP contribution in [0.1, 0.15) is 20.6 Å². The molecule has 0 saturated carbocycles. The molecule has 56 heavy (non-hydrogen) atoms. The zero-order valence-corrected chi connectivity index (χ0v) is 29.1. The van der Waals surface area contributed by atoms with Gasteiger partial charge in [-0.15, -0.1) is 0 Å². The Kier molecular flexibility index (Phi) is 4.70. The van der Waals surface area contributed by atoms with Crippen LogP contribution >= 0.6 is 0 Å². The van der Waals surface area contributed by atoms with Gasteiger partial charge in [-0.2, -0.15) is 9.97 Å². The van der Waals surface area contributed by atoms with E-state index >= 15 is 0 Å². The van der Waals surface area contributed by atoms with Crippen molar-refractivity contribution in [3.05, 3.63) is 200 Å². The molecule has 262 valence electrons. The molecule has 0 aliphatic carbocycles. The second-order valence-corrected chi connectivity index (χ2v) is 13.0. The third kappa shape index (κ3) is 5.29. The molecule has 0 bridgehead atoms. The smallest absolute Gasteiger partial charge is 0.238 e. The number of hydrogen-bond acceptors (Lipinski definition) is 3. The van der Waals surface area contributed by atoms with Crippen molar-refractivity contribution in [2.24, 2.45) is 0 Å². The zero-order chi connectivity index (χ0) is 50.1. The van der Waals surface area contributed by atoms with Crippen molar-refractivity contribution in [1.82, 2.24) is 24.1 Å². The minimum absolute atomic E-state index is 0.130. The predicted molar refractivity (Wildman–Crippen MR) is 230 cm³/mol. The second kappa shape index (κ2) is 13.0. The van der Waals surface area contributed by atoms with Crippen molar-refractivity contribution in [1.29, 1.82) is 0 Å². The molecule has 8 aromatic carbocycles.